The number of aryl methyl sites for hydroxylation is 1. The first-order chi connectivity index (χ1) is 14.6. The Morgan fingerprint density at radius 3 is 2.47 bits per heavy atom. The van der Waals surface area contributed by atoms with Crippen molar-refractivity contribution in [3.63, 3.8) is 0 Å². The van der Waals surface area contributed by atoms with E-state index in [4.69, 9.17) is 4.52 Å². The lowest BCUT2D eigenvalue weighted by molar-refractivity contribution is -0.130. The van der Waals surface area contributed by atoms with Crippen LogP contribution in [0, 0.1) is 6.92 Å². The molecule has 3 aromatic rings. The van der Waals surface area contributed by atoms with Gasteiger partial charge in [-0.2, -0.15) is 4.98 Å². The van der Waals surface area contributed by atoms with Crippen molar-refractivity contribution in [2.24, 2.45) is 0 Å². The second kappa shape index (κ2) is 8.86. The quantitative estimate of drug-likeness (QED) is 0.662. The molecule has 8 nitrogen and oxygen atoms in total. The topological polar surface area (TPSA) is 92.4 Å². The van der Waals surface area contributed by atoms with Gasteiger partial charge in [-0.15, -0.1) is 0 Å². The predicted molar refractivity (Wildman–Crippen MR) is 110 cm³/mol. The van der Waals surface area contributed by atoms with Gasteiger partial charge in [-0.3, -0.25) is 14.6 Å². The van der Waals surface area contributed by atoms with E-state index in [9.17, 15) is 9.59 Å². The average Bonchev–Trinajstić information content (AvgIpc) is 3.05. The molecule has 1 aliphatic heterocycles. The Hall–Kier alpha value is -3.55. The number of carbonyl (C=O) groups is 2. The minimum atomic E-state index is -0.0396. The summed E-state index contributed by atoms with van der Waals surface area (Å²) in [6.45, 7) is 4.06. The molecule has 0 spiro atoms. The summed E-state index contributed by atoms with van der Waals surface area (Å²) < 4.78 is 5.16. The van der Waals surface area contributed by atoms with Crippen LogP contribution in [-0.4, -0.2) is 62.9 Å². The molecule has 3 heterocycles. The van der Waals surface area contributed by atoms with Crippen LogP contribution >= 0.6 is 0 Å². The van der Waals surface area contributed by atoms with E-state index in [0.29, 0.717) is 43.5 Å². The lowest BCUT2D eigenvalue weighted by Gasteiger charge is -2.22. The van der Waals surface area contributed by atoms with Gasteiger partial charge in [0.25, 0.3) is 11.8 Å². The normalized spacial score (nSPS) is 14.4. The first-order valence-corrected chi connectivity index (χ1v) is 9.98. The molecule has 1 fully saturated rings. The molecule has 0 atom stereocenters. The van der Waals surface area contributed by atoms with Crippen molar-refractivity contribution in [3.8, 4) is 11.5 Å². The number of pyridine rings is 1. The number of rotatable bonds is 4. The number of aromatic nitrogens is 3. The largest absolute Gasteiger partial charge is 0.341 e. The minimum Gasteiger partial charge on any atom is -0.341 e. The van der Waals surface area contributed by atoms with Crippen LogP contribution in [0.5, 0.6) is 0 Å². The first-order valence-electron chi connectivity index (χ1n) is 9.98. The predicted octanol–water partition coefficient (Wildman–Crippen LogP) is 2.36. The summed E-state index contributed by atoms with van der Waals surface area (Å²) in [6.07, 6.45) is 2.72. The lowest BCUT2D eigenvalue weighted by Crippen LogP contribution is -2.38. The third-order valence-electron chi connectivity index (χ3n) is 5.10. The Bertz CT molecular complexity index is 1020. The van der Waals surface area contributed by atoms with Gasteiger partial charge in [0, 0.05) is 49.2 Å². The molecule has 30 heavy (non-hydrogen) atoms. The van der Waals surface area contributed by atoms with E-state index in [-0.39, 0.29) is 18.2 Å². The molecule has 1 saturated heterocycles. The highest BCUT2D eigenvalue weighted by atomic mass is 16.5. The smallest absolute Gasteiger partial charge is 0.257 e. The van der Waals surface area contributed by atoms with Crippen LogP contribution in [0.15, 0.2) is 53.2 Å². The van der Waals surface area contributed by atoms with Crippen LogP contribution in [0.3, 0.4) is 0 Å². The third kappa shape index (κ3) is 4.53. The Balaban J connectivity index is 1.36. The van der Waals surface area contributed by atoms with E-state index in [1.165, 1.54) is 0 Å². The molecule has 2 amide bonds. The molecule has 0 N–H and O–H groups in total. The zero-order chi connectivity index (χ0) is 20.9. The summed E-state index contributed by atoms with van der Waals surface area (Å²) in [5.41, 5.74) is 2.13. The summed E-state index contributed by atoms with van der Waals surface area (Å²) in [5, 5.41) is 3.78. The molecule has 0 saturated carbocycles. The maximum atomic E-state index is 12.9. The Morgan fingerprint density at radius 2 is 1.77 bits per heavy atom. The highest BCUT2D eigenvalue weighted by molar-refractivity contribution is 5.94. The number of nitrogens with zero attached hydrogens (tertiary/aromatic N) is 5. The number of carbonyl (C=O) groups excluding carboxylic acids is 2. The first kappa shape index (κ1) is 19.8. The molecular formula is C22H23N5O3. The second-order valence-electron chi connectivity index (χ2n) is 7.25. The molecule has 154 valence electrons. The zero-order valence-corrected chi connectivity index (χ0v) is 16.8. The molecule has 8 heteroatoms. The Kier molecular flexibility index (Phi) is 5.83. The van der Waals surface area contributed by atoms with E-state index in [1.807, 2.05) is 23.1 Å². The van der Waals surface area contributed by atoms with Gasteiger partial charge in [0.05, 0.1) is 6.42 Å². The van der Waals surface area contributed by atoms with Crippen molar-refractivity contribution in [1.29, 1.82) is 0 Å². The highest BCUT2D eigenvalue weighted by Crippen LogP contribution is 2.19. The van der Waals surface area contributed by atoms with E-state index in [2.05, 4.69) is 15.1 Å². The number of benzene rings is 1. The number of hydrogen-bond acceptors (Lipinski definition) is 6. The fraction of sp³-hybridized carbons (Fsp3) is 0.318. The van der Waals surface area contributed by atoms with Crippen molar-refractivity contribution >= 4 is 11.8 Å². The van der Waals surface area contributed by atoms with Crippen LogP contribution in [0.2, 0.25) is 0 Å². The zero-order valence-electron chi connectivity index (χ0n) is 16.8. The van der Waals surface area contributed by atoms with Gasteiger partial charge in [0.2, 0.25) is 5.91 Å². The van der Waals surface area contributed by atoms with E-state index in [0.717, 1.165) is 17.7 Å². The van der Waals surface area contributed by atoms with Crippen molar-refractivity contribution < 1.29 is 14.1 Å². The van der Waals surface area contributed by atoms with Gasteiger partial charge in [0.15, 0.2) is 5.82 Å². The Labute approximate surface area is 174 Å². The molecule has 0 aliphatic carbocycles. The standard InChI is InChI=1S/C22H23N5O3/c1-16-24-21(30-25-16)17-6-8-18(9-7-17)22(29)27-12-4-11-26(13-14-27)20(28)15-19-5-2-3-10-23-19/h2-3,5-10H,4,11-15H2,1H3. The monoisotopic (exact) mass is 405 g/mol. The summed E-state index contributed by atoms with van der Waals surface area (Å²) in [7, 11) is 0. The maximum Gasteiger partial charge on any atom is 0.257 e. The molecule has 4 rings (SSSR count). The van der Waals surface area contributed by atoms with Gasteiger partial charge >= 0.3 is 0 Å². The van der Waals surface area contributed by atoms with Gasteiger partial charge in [-0.05, 0) is 49.7 Å². The number of amides is 2. The summed E-state index contributed by atoms with van der Waals surface area (Å²) in [4.78, 5) is 37.6. The molecular weight excluding hydrogens is 382 g/mol. The van der Waals surface area contributed by atoms with Crippen molar-refractivity contribution in [1.82, 2.24) is 24.9 Å². The van der Waals surface area contributed by atoms with Crippen molar-refractivity contribution in [2.45, 2.75) is 19.8 Å². The molecule has 0 bridgehead atoms. The molecule has 1 aliphatic rings. The van der Waals surface area contributed by atoms with E-state index < -0.39 is 0 Å². The molecule has 2 aromatic heterocycles. The van der Waals surface area contributed by atoms with E-state index in [1.54, 1.807) is 42.3 Å². The molecule has 1 aromatic carbocycles. The molecule has 0 unspecified atom stereocenters. The van der Waals surface area contributed by atoms with Crippen LogP contribution in [0.25, 0.3) is 11.5 Å². The average molecular weight is 405 g/mol. The van der Waals surface area contributed by atoms with Crippen LogP contribution in [-0.2, 0) is 11.2 Å². The summed E-state index contributed by atoms with van der Waals surface area (Å²) in [5.74, 6) is 1.00. The Morgan fingerprint density at radius 1 is 1.00 bits per heavy atom. The SMILES string of the molecule is Cc1noc(-c2ccc(C(=O)N3CCCN(C(=O)Cc4ccccn4)CC3)cc2)n1. The van der Waals surface area contributed by atoms with Gasteiger partial charge < -0.3 is 14.3 Å². The van der Waals surface area contributed by atoms with Gasteiger partial charge in [-0.25, -0.2) is 0 Å². The fourth-order valence-corrected chi connectivity index (χ4v) is 3.49. The maximum absolute atomic E-state index is 12.9. The van der Waals surface area contributed by atoms with Gasteiger partial charge in [0.1, 0.15) is 0 Å². The van der Waals surface area contributed by atoms with Crippen LogP contribution in [0.1, 0.15) is 28.3 Å². The number of hydrogen-bond donors (Lipinski definition) is 0. The van der Waals surface area contributed by atoms with Crippen LogP contribution in [0.4, 0.5) is 0 Å². The van der Waals surface area contributed by atoms with E-state index >= 15 is 0 Å². The van der Waals surface area contributed by atoms with Crippen LogP contribution < -0.4 is 0 Å². The van der Waals surface area contributed by atoms with Crippen molar-refractivity contribution in [3.05, 3.63) is 65.7 Å². The minimum absolute atomic E-state index is 0.0396. The highest BCUT2D eigenvalue weighted by Gasteiger charge is 2.23. The van der Waals surface area contributed by atoms with Crippen molar-refractivity contribution in [2.75, 3.05) is 26.2 Å². The molecule has 0 radical (unpaired) electrons. The lowest BCUT2D eigenvalue weighted by atomic mass is 10.1. The third-order valence-corrected chi connectivity index (χ3v) is 5.10. The fourth-order valence-electron chi connectivity index (χ4n) is 3.49. The summed E-state index contributed by atoms with van der Waals surface area (Å²) >= 11 is 0. The summed E-state index contributed by atoms with van der Waals surface area (Å²) in [6, 6.07) is 12.7. The second-order valence-corrected chi connectivity index (χ2v) is 7.25. The van der Waals surface area contributed by atoms with Gasteiger partial charge in [-0.1, -0.05) is 11.2 Å².